The van der Waals surface area contributed by atoms with Crippen molar-refractivity contribution < 1.29 is 22.4 Å². The van der Waals surface area contributed by atoms with Crippen LogP contribution in [0.5, 0.6) is 0 Å². The van der Waals surface area contributed by atoms with E-state index in [0.29, 0.717) is 56.8 Å². The first-order valence-electron chi connectivity index (χ1n) is 10.8. The van der Waals surface area contributed by atoms with Gasteiger partial charge in [-0.2, -0.15) is 4.31 Å². The number of benzene rings is 1. The van der Waals surface area contributed by atoms with E-state index in [1.54, 1.807) is 17.0 Å². The number of morpholine rings is 1. The fraction of sp³-hybridized carbons (Fsp3) is 0.571. The summed E-state index contributed by atoms with van der Waals surface area (Å²) in [4.78, 5) is 14.9. The van der Waals surface area contributed by atoms with E-state index in [1.165, 1.54) is 16.4 Å². The number of hydrogen-bond donors (Lipinski definition) is 0. The molecule has 1 aromatic heterocycles. The van der Waals surface area contributed by atoms with E-state index in [0.717, 1.165) is 31.6 Å². The highest BCUT2D eigenvalue weighted by atomic mass is 32.2. The zero-order valence-electron chi connectivity index (χ0n) is 17.3. The lowest BCUT2D eigenvalue weighted by Crippen LogP contribution is -2.40. The van der Waals surface area contributed by atoms with Crippen LogP contribution in [0, 0.1) is 0 Å². The van der Waals surface area contributed by atoms with Crippen molar-refractivity contribution in [3.63, 3.8) is 0 Å². The standard InChI is InChI=1S/C21H26N4O5S/c26-21(17-3-5-18(6-4-17)31(27,28)25-11-13-29-14-12-25)24-9-7-16(8-10-24)20-23-22-19(30-20)15-1-2-15/h3-6,15-16H,1-2,7-14H2. The number of nitrogens with zero attached hydrogens (tertiary/aromatic N) is 4. The van der Waals surface area contributed by atoms with Gasteiger partial charge in [0.2, 0.25) is 21.8 Å². The predicted molar refractivity (Wildman–Crippen MR) is 110 cm³/mol. The molecule has 1 amide bonds. The van der Waals surface area contributed by atoms with Gasteiger partial charge in [-0.15, -0.1) is 10.2 Å². The van der Waals surface area contributed by atoms with Crippen molar-refractivity contribution in [2.75, 3.05) is 39.4 Å². The molecule has 0 atom stereocenters. The van der Waals surface area contributed by atoms with E-state index < -0.39 is 10.0 Å². The summed E-state index contributed by atoms with van der Waals surface area (Å²) in [6, 6.07) is 6.23. The van der Waals surface area contributed by atoms with E-state index >= 15 is 0 Å². The predicted octanol–water partition coefficient (Wildman–Crippen LogP) is 1.99. The Labute approximate surface area is 181 Å². The molecule has 31 heavy (non-hydrogen) atoms. The van der Waals surface area contributed by atoms with Crippen molar-refractivity contribution >= 4 is 15.9 Å². The summed E-state index contributed by atoms with van der Waals surface area (Å²) in [5, 5.41) is 8.37. The number of ether oxygens (including phenoxy) is 1. The maximum atomic E-state index is 12.9. The van der Waals surface area contributed by atoms with Crippen LogP contribution in [0.3, 0.4) is 0 Å². The van der Waals surface area contributed by atoms with Crippen LogP contribution in [0.4, 0.5) is 0 Å². The van der Waals surface area contributed by atoms with Crippen LogP contribution in [-0.2, 0) is 14.8 Å². The molecule has 3 heterocycles. The summed E-state index contributed by atoms with van der Waals surface area (Å²) < 4.78 is 38.0. The van der Waals surface area contributed by atoms with Gasteiger partial charge >= 0.3 is 0 Å². The fourth-order valence-corrected chi connectivity index (χ4v) is 5.53. The van der Waals surface area contributed by atoms with Crippen LogP contribution >= 0.6 is 0 Å². The summed E-state index contributed by atoms with van der Waals surface area (Å²) in [5.74, 6) is 1.98. The Balaban J connectivity index is 1.20. The van der Waals surface area contributed by atoms with Crippen LogP contribution in [0.25, 0.3) is 0 Å². The molecule has 0 unspecified atom stereocenters. The Hall–Kier alpha value is -2.30. The molecular weight excluding hydrogens is 420 g/mol. The second-order valence-corrected chi connectivity index (χ2v) is 10.3. The van der Waals surface area contributed by atoms with Gasteiger partial charge < -0.3 is 14.1 Å². The van der Waals surface area contributed by atoms with Crippen molar-refractivity contribution in [1.82, 2.24) is 19.4 Å². The molecule has 1 aromatic carbocycles. The van der Waals surface area contributed by atoms with Crippen LogP contribution < -0.4 is 0 Å². The Bertz CT molecular complexity index is 1030. The number of carbonyl (C=O) groups excluding carboxylic acids is 1. The number of likely N-dealkylation sites (tertiary alicyclic amines) is 1. The van der Waals surface area contributed by atoms with E-state index in [-0.39, 0.29) is 16.7 Å². The number of piperidine rings is 1. The third-order valence-corrected chi connectivity index (χ3v) is 8.14. The molecule has 0 radical (unpaired) electrons. The third-order valence-electron chi connectivity index (χ3n) is 6.22. The van der Waals surface area contributed by atoms with Crippen molar-refractivity contribution in [2.24, 2.45) is 0 Å². The first-order valence-corrected chi connectivity index (χ1v) is 12.3. The zero-order valence-corrected chi connectivity index (χ0v) is 18.1. The Morgan fingerprint density at radius 3 is 2.03 bits per heavy atom. The van der Waals surface area contributed by atoms with Gasteiger partial charge in [-0.25, -0.2) is 8.42 Å². The second-order valence-electron chi connectivity index (χ2n) is 8.36. The van der Waals surface area contributed by atoms with E-state index in [4.69, 9.17) is 9.15 Å². The minimum Gasteiger partial charge on any atom is -0.425 e. The molecule has 2 aliphatic heterocycles. The first kappa shape index (κ1) is 20.6. The average molecular weight is 447 g/mol. The molecule has 0 bridgehead atoms. The first-order chi connectivity index (χ1) is 15.0. The monoisotopic (exact) mass is 446 g/mol. The molecule has 1 saturated carbocycles. The Morgan fingerprint density at radius 1 is 0.871 bits per heavy atom. The van der Waals surface area contributed by atoms with Gasteiger partial charge in [0.15, 0.2) is 0 Å². The summed E-state index contributed by atoms with van der Waals surface area (Å²) in [7, 11) is -3.56. The van der Waals surface area contributed by atoms with Crippen molar-refractivity contribution in [3.05, 3.63) is 41.6 Å². The maximum absolute atomic E-state index is 12.9. The number of carbonyl (C=O) groups is 1. The van der Waals surface area contributed by atoms with E-state index in [1.807, 2.05) is 0 Å². The number of sulfonamides is 1. The molecule has 10 heteroatoms. The van der Waals surface area contributed by atoms with Gasteiger partial charge in [0.1, 0.15) is 0 Å². The number of hydrogen-bond acceptors (Lipinski definition) is 7. The molecule has 3 fully saturated rings. The molecule has 166 valence electrons. The number of rotatable bonds is 5. The highest BCUT2D eigenvalue weighted by molar-refractivity contribution is 7.89. The zero-order chi connectivity index (χ0) is 21.4. The number of aromatic nitrogens is 2. The topological polar surface area (TPSA) is 106 Å². The summed E-state index contributed by atoms with van der Waals surface area (Å²) >= 11 is 0. The SMILES string of the molecule is O=C(c1ccc(S(=O)(=O)N2CCOCC2)cc1)N1CCC(c2nnc(C3CC3)o2)CC1. The van der Waals surface area contributed by atoms with Crippen LogP contribution in [-0.4, -0.2) is 73.1 Å². The molecule has 1 aliphatic carbocycles. The molecule has 5 rings (SSSR count). The van der Waals surface area contributed by atoms with E-state index in [2.05, 4.69) is 10.2 Å². The van der Waals surface area contributed by atoms with Crippen LogP contribution in [0.15, 0.2) is 33.6 Å². The molecule has 3 aliphatic rings. The van der Waals surface area contributed by atoms with Crippen LogP contribution in [0.2, 0.25) is 0 Å². The average Bonchev–Trinajstić information content (AvgIpc) is 3.56. The molecule has 9 nitrogen and oxygen atoms in total. The van der Waals surface area contributed by atoms with Crippen LogP contribution in [0.1, 0.15) is 59.7 Å². The van der Waals surface area contributed by atoms with Gasteiger partial charge in [0, 0.05) is 43.6 Å². The lowest BCUT2D eigenvalue weighted by molar-refractivity contribution is 0.0706. The normalized spacial score (nSPS) is 21.4. The minimum atomic E-state index is -3.56. The van der Waals surface area contributed by atoms with Crippen molar-refractivity contribution in [3.8, 4) is 0 Å². The van der Waals surface area contributed by atoms with Gasteiger partial charge in [-0.1, -0.05) is 0 Å². The largest absolute Gasteiger partial charge is 0.425 e. The van der Waals surface area contributed by atoms with Gasteiger partial charge in [0.05, 0.1) is 18.1 Å². The van der Waals surface area contributed by atoms with Gasteiger partial charge in [0.25, 0.3) is 5.91 Å². The quantitative estimate of drug-likeness (QED) is 0.691. The van der Waals surface area contributed by atoms with Crippen molar-refractivity contribution in [1.29, 1.82) is 0 Å². The Kier molecular flexibility index (Phi) is 5.53. The highest BCUT2D eigenvalue weighted by Gasteiger charge is 2.33. The molecule has 0 N–H and O–H groups in total. The molecule has 2 aromatic rings. The van der Waals surface area contributed by atoms with Crippen molar-refractivity contribution in [2.45, 2.75) is 42.4 Å². The molecule has 0 spiro atoms. The summed E-state index contributed by atoms with van der Waals surface area (Å²) in [6.07, 6.45) is 3.81. The van der Waals surface area contributed by atoms with Gasteiger partial charge in [-0.3, -0.25) is 4.79 Å². The maximum Gasteiger partial charge on any atom is 0.253 e. The van der Waals surface area contributed by atoms with Gasteiger partial charge in [-0.05, 0) is 49.9 Å². The molecule has 2 saturated heterocycles. The smallest absolute Gasteiger partial charge is 0.253 e. The lowest BCUT2D eigenvalue weighted by atomic mass is 9.96. The lowest BCUT2D eigenvalue weighted by Gasteiger charge is -2.30. The minimum absolute atomic E-state index is 0.0852. The summed E-state index contributed by atoms with van der Waals surface area (Å²) in [5.41, 5.74) is 0.494. The highest BCUT2D eigenvalue weighted by Crippen LogP contribution is 2.40. The third kappa shape index (κ3) is 4.24. The number of amides is 1. The second kappa shape index (κ2) is 8.33. The molecular formula is C21H26N4O5S. The van der Waals surface area contributed by atoms with E-state index in [9.17, 15) is 13.2 Å². The fourth-order valence-electron chi connectivity index (χ4n) is 4.12. The summed E-state index contributed by atoms with van der Waals surface area (Å²) in [6.45, 7) is 2.71. The Morgan fingerprint density at radius 2 is 1.45 bits per heavy atom.